The van der Waals surface area contributed by atoms with Crippen LogP contribution in [-0.2, 0) is 9.59 Å². The predicted molar refractivity (Wildman–Crippen MR) is 28.6 cm³/mol. The molecule has 0 aliphatic carbocycles. The van der Waals surface area contributed by atoms with Crippen LogP contribution in [0, 0.1) is 0 Å². The van der Waals surface area contributed by atoms with E-state index in [0.29, 0.717) is 0 Å². The van der Waals surface area contributed by atoms with Crippen LogP contribution in [0.1, 0.15) is 12.8 Å². The van der Waals surface area contributed by atoms with E-state index in [1.807, 2.05) is 0 Å². The molecule has 1 fully saturated rings. The summed E-state index contributed by atoms with van der Waals surface area (Å²) in [5, 5.41) is 9.04. The minimum absolute atomic E-state index is 0.0412. The normalized spacial score (nSPS) is 23.8. The zero-order valence-corrected chi connectivity index (χ0v) is 5.20. The second-order valence-electron chi connectivity index (χ2n) is 2.05. The van der Waals surface area contributed by atoms with Crippen molar-refractivity contribution >= 4 is 11.8 Å². The Bertz CT molecular complexity index is 174. The number of carbonyl (C=O) groups excluding carboxylic acids is 2. The average molecular weight is 146 g/mol. The maximum atomic E-state index is 10.7. The Hall–Kier alpha value is -0.820. The molecule has 2 amide bonds. The molecule has 0 radical (unpaired) electrons. The summed E-state index contributed by atoms with van der Waals surface area (Å²) in [6.45, 7) is 0. The number of nitrogens with zero attached hydrogens (tertiary/aromatic N) is 1. The summed E-state index contributed by atoms with van der Waals surface area (Å²) in [7, 11) is 0. The number of carbonyl (C=O) groups is 2. The molecule has 0 aromatic heterocycles. The molecule has 0 saturated carbocycles. The lowest BCUT2D eigenvalue weighted by Crippen LogP contribution is -2.62. The number of amides is 2. The number of rotatable bonds is 1. The van der Waals surface area contributed by atoms with E-state index >= 15 is 0 Å². The summed E-state index contributed by atoms with van der Waals surface area (Å²) < 4.78 is -1.46. The molecule has 0 aromatic carbocycles. The van der Waals surface area contributed by atoms with E-state index in [4.69, 9.17) is 11.0 Å². The molecule has 0 bridgehead atoms. The van der Waals surface area contributed by atoms with Gasteiger partial charge in [0.25, 0.3) is 0 Å². The van der Waals surface area contributed by atoms with E-state index in [1.54, 1.807) is 5.53 Å². The third-order valence-corrected chi connectivity index (χ3v) is 1.46. The molecule has 4 N–H and O–H groups in total. The van der Waals surface area contributed by atoms with Crippen molar-refractivity contribution in [2.24, 2.45) is 5.84 Å². The summed E-state index contributed by atoms with van der Waals surface area (Å²) >= 11 is 0. The van der Waals surface area contributed by atoms with Crippen molar-refractivity contribution < 1.29 is 19.6 Å². The number of imide groups is 1. The molecule has 1 saturated heterocycles. The summed E-state index contributed by atoms with van der Waals surface area (Å²) in [5.41, 5.74) is 1.73. The Morgan fingerprint density at radius 3 is 2.00 bits per heavy atom. The first-order chi connectivity index (χ1) is 4.61. The molecule has 1 aliphatic rings. The minimum Gasteiger partial charge on any atom is -0.225 e. The molecule has 6 heteroatoms. The van der Waals surface area contributed by atoms with Crippen LogP contribution in [0.25, 0.3) is 0 Å². The number of nitrogens with two attached hydrogens (primary N) is 1. The van der Waals surface area contributed by atoms with Crippen LogP contribution < -0.4 is 11.4 Å². The van der Waals surface area contributed by atoms with Gasteiger partial charge in [0.05, 0.1) is 12.8 Å². The van der Waals surface area contributed by atoms with Gasteiger partial charge < -0.3 is 0 Å². The highest BCUT2D eigenvalue weighted by Crippen LogP contribution is 2.14. The van der Waals surface area contributed by atoms with Gasteiger partial charge in [-0.1, -0.05) is 5.53 Å². The van der Waals surface area contributed by atoms with Crippen LogP contribution in [0.4, 0.5) is 0 Å². The Labute approximate surface area is 56.7 Å². The molecule has 6 nitrogen and oxygen atoms in total. The van der Waals surface area contributed by atoms with Crippen LogP contribution >= 0.6 is 0 Å². The summed E-state index contributed by atoms with van der Waals surface area (Å²) in [6.07, 6.45) is 0.0824. The number of nitrogens with one attached hydrogen (secondary N) is 1. The first kappa shape index (κ1) is 7.29. The second-order valence-corrected chi connectivity index (χ2v) is 2.05. The fourth-order valence-corrected chi connectivity index (χ4v) is 0.821. The fourth-order valence-electron chi connectivity index (χ4n) is 0.821. The Morgan fingerprint density at radius 1 is 1.40 bits per heavy atom. The Balaban J connectivity index is 2.90. The maximum Gasteiger partial charge on any atom is 0.375 e. The molecular weight excluding hydrogens is 138 g/mol. The molecule has 10 heavy (non-hydrogen) atoms. The first-order valence-electron chi connectivity index (χ1n) is 2.77. The minimum atomic E-state index is -1.46. The standard InChI is InChI=1S/C4H8N3O3/c5-6-7(10)3(8)1-2-4(7)9/h6,10H,1-2,5H2/q+1. The van der Waals surface area contributed by atoms with Crippen molar-refractivity contribution in [2.75, 3.05) is 0 Å². The largest absolute Gasteiger partial charge is 0.375 e. The van der Waals surface area contributed by atoms with Crippen LogP contribution in [0.15, 0.2) is 0 Å². The predicted octanol–water partition coefficient (Wildman–Crippen LogP) is -1.58. The van der Waals surface area contributed by atoms with Gasteiger partial charge >= 0.3 is 11.8 Å². The topological polar surface area (TPSA) is 92.4 Å². The fraction of sp³-hybridized carbons (Fsp3) is 0.500. The first-order valence-corrected chi connectivity index (χ1v) is 2.77. The van der Waals surface area contributed by atoms with Crippen LogP contribution in [0.2, 0.25) is 0 Å². The third-order valence-electron chi connectivity index (χ3n) is 1.46. The molecule has 1 rings (SSSR count). The summed E-state index contributed by atoms with van der Waals surface area (Å²) in [4.78, 5) is 21.4. The lowest BCUT2D eigenvalue weighted by atomic mass is 10.4. The average Bonchev–Trinajstić information content (AvgIpc) is 2.18. The molecule has 1 heterocycles. The van der Waals surface area contributed by atoms with Crippen molar-refractivity contribution in [3.8, 4) is 0 Å². The molecular formula is C4H8N3O3+. The molecule has 0 aromatic rings. The van der Waals surface area contributed by atoms with Gasteiger partial charge in [-0.2, -0.15) is 5.21 Å². The van der Waals surface area contributed by atoms with E-state index < -0.39 is 16.6 Å². The Kier molecular flexibility index (Phi) is 1.53. The van der Waals surface area contributed by atoms with E-state index in [-0.39, 0.29) is 12.8 Å². The number of hydrogen-bond donors (Lipinski definition) is 3. The molecule has 0 unspecified atom stereocenters. The van der Waals surface area contributed by atoms with Crippen molar-refractivity contribution in [2.45, 2.75) is 12.8 Å². The van der Waals surface area contributed by atoms with E-state index in [0.717, 1.165) is 0 Å². The number of quaternary nitrogens is 1. The molecule has 1 aliphatic heterocycles. The maximum absolute atomic E-state index is 10.7. The van der Waals surface area contributed by atoms with E-state index in [1.165, 1.54) is 0 Å². The van der Waals surface area contributed by atoms with Gasteiger partial charge in [0, 0.05) is 4.76 Å². The van der Waals surface area contributed by atoms with Gasteiger partial charge in [0.1, 0.15) is 0 Å². The van der Waals surface area contributed by atoms with Crippen molar-refractivity contribution in [1.29, 1.82) is 0 Å². The van der Waals surface area contributed by atoms with Gasteiger partial charge in [0.15, 0.2) is 0 Å². The van der Waals surface area contributed by atoms with Crippen LogP contribution in [0.5, 0.6) is 0 Å². The van der Waals surface area contributed by atoms with Crippen molar-refractivity contribution in [3.63, 3.8) is 0 Å². The highest BCUT2D eigenvalue weighted by molar-refractivity contribution is 5.90. The second kappa shape index (κ2) is 2.10. The molecule has 0 spiro atoms. The SMILES string of the molecule is NN[N+]1(O)C(=O)CCC1=O. The Morgan fingerprint density at radius 2 is 1.80 bits per heavy atom. The number of hydroxylamine groups is 2. The van der Waals surface area contributed by atoms with Gasteiger partial charge in [-0.25, -0.2) is 15.4 Å². The third kappa shape index (κ3) is 0.745. The number of hydrogen-bond acceptors (Lipinski definition) is 5. The molecule has 56 valence electrons. The molecule has 0 atom stereocenters. The smallest absolute Gasteiger partial charge is 0.225 e. The highest BCUT2D eigenvalue weighted by atomic mass is 16.6. The van der Waals surface area contributed by atoms with Gasteiger partial charge in [0.2, 0.25) is 0 Å². The zero-order valence-electron chi connectivity index (χ0n) is 5.20. The quantitative estimate of drug-likeness (QED) is 0.136. The van der Waals surface area contributed by atoms with Crippen LogP contribution in [-0.4, -0.2) is 21.8 Å². The van der Waals surface area contributed by atoms with Crippen molar-refractivity contribution in [1.82, 2.24) is 5.53 Å². The number of hydrazine groups is 1. The summed E-state index contributed by atoms with van der Waals surface area (Å²) in [5.74, 6) is 3.54. The van der Waals surface area contributed by atoms with Gasteiger partial charge in [-0.15, -0.1) is 0 Å². The lowest BCUT2D eigenvalue weighted by molar-refractivity contribution is -1.01. The van der Waals surface area contributed by atoms with Gasteiger partial charge in [-0.3, -0.25) is 0 Å². The van der Waals surface area contributed by atoms with E-state index in [2.05, 4.69) is 0 Å². The van der Waals surface area contributed by atoms with Gasteiger partial charge in [-0.05, 0) is 0 Å². The summed E-state index contributed by atoms with van der Waals surface area (Å²) in [6, 6.07) is 0. The monoisotopic (exact) mass is 146 g/mol. The van der Waals surface area contributed by atoms with Crippen molar-refractivity contribution in [3.05, 3.63) is 0 Å². The highest BCUT2D eigenvalue weighted by Gasteiger charge is 2.50. The van der Waals surface area contributed by atoms with E-state index in [9.17, 15) is 9.59 Å². The van der Waals surface area contributed by atoms with Crippen LogP contribution in [0.3, 0.4) is 0 Å². The lowest BCUT2D eigenvalue weighted by Gasteiger charge is -2.14. The zero-order chi connectivity index (χ0) is 7.78.